The summed E-state index contributed by atoms with van der Waals surface area (Å²) in [6.45, 7) is 11.4. The van der Waals surface area contributed by atoms with Crippen LogP contribution in [0.25, 0.3) is 10.2 Å². The fourth-order valence-electron chi connectivity index (χ4n) is 4.47. The zero-order chi connectivity index (χ0) is 28.1. The number of nitrogens with one attached hydrogen (secondary N) is 1. The Morgan fingerprint density at radius 2 is 2.00 bits per heavy atom. The maximum absolute atomic E-state index is 11.7. The van der Waals surface area contributed by atoms with Crippen LogP contribution >= 0.6 is 34.4 Å². The lowest BCUT2D eigenvalue weighted by Crippen LogP contribution is -2.36. The molecule has 4 heterocycles. The van der Waals surface area contributed by atoms with Crippen LogP contribution in [0.1, 0.15) is 43.2 Å². The summed E-state index contributed by atoms with van der Waals surface area (Å²) in [5, 5.41) is 6.22. The monoisotopic (exact) mass is 589 g/mol. The van der Waals surface area contributed by atoms with Crippen molar-refractivity contribution in [2.24, 2.45) is 4.99 Å². The number of aliphatic imine (C=N–C) groups is 1. The number of nitrogens with zero attached hydrogens (tertiary/aromatic N) is 4. The van der Waals surface area contributed by atoms with Gasteiger partial charge in [0, 0.05) is 58.4 Å². The highest BCUT2D eigenvalue weighted by Gasteiger charge is 2.24. The zero-order valence-electron chi connectivity index (χ0n) is 22.7. The van der Waals surface area contributed by atoms with Gasteiger partial charge >= 0.3 is 0 Å². The molecule has 0 spiro atoms. The number of thiophene rings is 1. The van der Waals surface area contributed by atoms with Gasteiger partial charge in [0.1, 0.15) is 11.5 Å². The van der Waals surface area contributed by atoms with E-state index < -0.39 is 0 Å². The maximum Gasteiger partial charge on any atom is 0.219 e. The molecule has 1 aliphatic heterocycles. The van der Waals surface area contributed by atoms with Gasteiger partial charge in [-0.05, 0) is 51.0 Å². The lowest BCUT2D eigenvalue weighted by atomic mass is 9.94. The number of amides is 1. The van der Waals surface area contributed by atoms with Crippen LogP contribution in [0.15, 0.2) is 87.0 Å². The Bertz CT molecular complexity index is 1570. The molecule has 0 saturated carbocycles. The second-order valence-corrected chi connectivity index (χ2v) is 12.8. The lowest BCUT2D eigenvalue weighted by Gasteiger charge is -2.30. The first kappa shape index (κ1) is 28.1. The number of thioether (sulfide) groups is 1. The van der Waals surface area contributed by atoms with Crippen molar-refractivity contribution in [2.45, 2.75) is 44.4 Å². The molecule has 1 amide bonds. The molecule has 0 radical (unpaired) electrons. The number of thiazole rings is 1. The van der Waals surface area contributed by atoms with E-state index in [2.05, 4.69) is 35.2 Å². The average molecular weight is 590 g/mol. The number of hydrogen-bond donors (Lipinski definition) is 1. The van der Waals surface area contributed by atoms with Gasteiger partial charge in [-0.2, -0.15) is 0 Å². The van der Waals surface area contributed by atoms with Gasteiger partial charge in [-0.3, -0.25) is 9.78 Å². The molecule has 4 aromatic rings. The third kappa shape index (κ3) is 6.99. The number of para-hydroxylation sites is 1. The number of anilines is 1. The van der Waals surface area contributed by atoms with Gasteiger partial charge in [0.05, 0.1) is 15.9 Å². The molecule has 1 saturated heterocycles. The molecule has 40 heavy (non-hydrogen) atoms. The Balaban J connectivity index is 1.33. The highest BCUT2D eigenvalue weighted by molar-refractivity contribution is 8.04. The topological polar surface area (TPSA) is 79.7 Å². The molecule has 3 aromatic heterocycles. The molecule has 7 nitrogen and oxygen atoms in total. The van der Waals surface area contributed by atoms with E-state index in [1.165, 1.54) is 4.88 Å². The van der Waals surface area contributed by atoms with Crippen LogP contribution in [-0.4, -0.2) is 40.1 Å². The van der Waals surface area contributed by atoms with Crippen molar-refractivity contribution in [3.8, 4) is 5.75 Å². The number of ether oxygens (including phenoxy) is 1. The number of fused-ring (bicyclic) bond motifs is 1. The Hall–Kier alpha value is -3.47. The van der Waals surface area contributed by atoms with Gasteiger partial charge in [-0.25, -0.2) is 9.98 Å². The Kier molecular flexibility index (Phi) is 8.98. The predicted molar refractivity (Wildman–Crippen MR) is 168 cm³/mol. The minimum Gasteiger partial charge on any atom is -0.458 e. The summed E-state index contributed by atoms with van der Waals surface area (Å²) in [6, 6.07) is 13.8. The van der Waals surface area contributed by atoms with Crippen molar-refractivity contribution in [2.75, 3.05) is 18.4 Å². The summed E-state index contributed by atoms with van der Waals surface area (Å²) in [7, 11) is 0. The number of carbonyl (C=O) groups excluding carboxylic acids is 1. The van der Waals surface area contributed by atoms with E-state index in [9.17, 15) is 4.79 Å². The van der Waals surface area contributed by atoms with Crippen LogP contribution in [0.3, 0.4) is 0 Å². The first-order valence-electron chi connectivity index (χ1n) is 13.0. The average Bonchev–Trinajstić information content (AvgIpc) is 3.58. The quantitative estimate of drug-likeness (QED) is 0.122. The maximum atomic E-state index is 11.7. The number of piperidine rings is 1. The van der Waals surface area contributed by atoms with Crippen molar-refractivity contribution in [3.05, 3.63) is 87.7 Å². The van der Waals surface area contributed by atoms with Crippen LogP contribution in [0.4, 0.5) is 5.13 Å². The number of hydrogen-bond acceptors (Lipinski definition) is 9. The predicted octanol–water partition coefficient (Wildman–Crippen LogP) is 7.84. The smallest absolute Gasteiger partial charge is 0.219 e. The molecule has 0 atom stereocenters. The van der Waals surface area contributed by atoms with Crippen molar-refractivity contribution >= 4 is 61.9 Å². The molecule has 0 aliphatic carbocycles. The molecule has 10 heteroatoms. The highest BCUT2D eigenvalue weighted by Crippen LogP contribution is 2.36. The number of aromatic nitrogens is 2. The molecule has 1 fully saturated rings. The molecule has 1 N–H and O–H groups in total. The largest absolute Gasteiger partial charge is 0.458 e. The third-order valence-electron chi connectivity index (χ3n) is 6.53. The van der Waals surface area contributed by atoms with Crippen LogP contribution in [-0.2, 0) is 4.79 Å². The van der Waals surface area contributed by atoms with Crippen LogP contribution in [0, 0.1) is 6.92 Å². The second kappa shape index (κ2) is 12.8. The fourth-order valence-corrected chi connectivity index (χ4v) is 7.10. The normalized spacial score (nSPS) is 14.9. The van der Waals surface area contributed by atoms with E-state index in [1.807, 2.05) is 54.4 Å². The number of aryl methyl sites for hydroxylation is 1. The van der Waals surface area contributed by atoms with E-state index in [0.29, 0.717) is 17.5 Å². The van der Waals surface area contributed by atoms with Gasteiger partial charge in [0.15, 0.2) is 11.0 Å². The van der Waals surface area contributed by atoms with Gasteiger partial charge in [-0.15, -0.1) is 22.7 Å². The van der Waals surface area contributed by atoms with E-state index in [0.717, 1.165) is 62.5 Å². The molecule has 1 aliphatic rings. The van der Waals surface area contributed by atoms with Crippen molar-refractivity contribution in [1.29, 1.82) is 0 Å². The van der Waals surface area contributed by atoms with E-state index >= 15 is 0 Å². The highest BCUT2D eigenvalue weighted by atomic mass is 32.2. The molecule has 206 valence electrons. The van der Waals surface area contributed by atoms with E-state index in [1.54, 1.807) is 47.6 Å². The molecular weight excluding hydrogens is 559 g/mol. The summed E-state index contributed by atoms with van der Waals surface area (Å²) in [5.74, 6) is 2.39. The Morgan fingerprint density at radius 1 is 1.23 bits per heavy atom. The van der Waals surface area contributed by atoms with Gasteiger partial charge < -0.3 is 15.0 Å². The van der Waals surface area contributed by atoms with Crippen molar-refractivity contribution in [1.82, 2.24) is 14.9 Å². The van der Waals surface area contributed by atoms with Gasteiger partial charge in [0.2, 0.25) is 5.91 Å². The van der Waals surface area contributed by atoms with Crippen LogP contribution in [0.5, 0.6) is 5.75 Å². The summed E-state index contributed by atoms with van der Waals surface area (Å²) in [4.78, 5) is 30.8. The van der Waals surface area contributed by atoms with Crippen molar-refractivity contribution in [3.63, 3.8) is 0 Å². The number of allylic oxidation sites excluding steroid dienone is 2. The molecular formula is C30H31N5O2S3. The SMILES string of the molecule is C=C(/C=N\C(Nc1nc(C2CCN(C(C)=O)CC2)cs1)=C(/C)Oc1ccccc1)Sc1ccnc2cc(C)sc12. The number of likely N-dealkylation sites (tertiary alicyclic amines) is 1. The number of rotatable bonds is 9. The third-order valence-corrected chi connectivity index (χ3v) is 9.44. The zero-order valence-corrected chi connectivity index (χ0v) is 25.2. The van der Waals surface area contributed by atoms with Crippen molar-refractivity contribution < 1.29 is 9.53 Å². The summed E-state index contributed by atoms with van der Waals surface area (Å²) < 4.78 is 7.27. The lowest BCUT2D eigenvalue weighted by molar-refractivity contribution is -0.129. The second-order valence-electron chi connectivity index (χ2n) is 9.51. The number of carbonyl (C=O) groups is 1. The summed E-state index contributed by atoms with van der Waals surface area (Å²) in [6.07, 6.45) is 5.42. The molecule has 0 unspecified atom stereocenters. The molecule has 1 aromatic carbocycles. The molecule has 0 bridgehead atoms. The summed E-state index contributed by atoms with van der Waals surface area (Å²) in [5.41, 5.74) is 2.05. The van der Waals surface area contributed by atoms with Crippen LogP contribution < -0.4 is 10.1 Å². The first-order valence-corrected chi connectivity index (χ1v) is 15.5. The van der Waals surface area contributed by atoms with E-state index in [4.69, 9.17) is 14.7 Å². The fraction of sp³-hybridized carbons (Fsp3) is 0.267. The van der Waals surface area contributed by atoms with E-state index in [-0.39, 0.29) is 5.91 Å². The Morgan fingerprint density at radius 3 is 2.75 bits per heavy atom. The van der Waals surface area contributed by atoms with Gasteiger partial charge in [-0.1, -0.05) is 36.5 Å². The Labute approximate surface area is 246 Å². The summed E-state index contributed by atoms with van der Waals surface area (Å²) >= 11 is 4.84. The molecule has 5 rings (SSSR count). The van der Waals surface area contributed by atoms with Crippen LogP contribution in [0.2, 0.25) is 0 Å². The first-order chi connectivity index (χ1) is 19.4. The van der Waals surface area contributed by atoms with Gasteiger partial charge in [0.25, 0.3) is 0 Å². The minimum absolute atomic E-state index is 0.138. The minimum atomic E-state index is 0.138. The number of pyridine rings is 1. The number of benzene rings is 1. The standard InChI is InChI=1S/C30H31N5O2S3/c1-19-16-25-28(40-19)27(10-13-31-25)39-20(2)17-32-29(21(3)37-24-8-6-5-7-9-24)34-30-33-26(18-38-30)23-11-14-35(15-12-23)22(4)36/h5-10,13,16-18,23H,2,11-12,14-15H2,1,3-4H3,(H,33,34)/b29-21-,32-17-.